The number of ether oxygens (including phenoxy) is 1. The zero-order chi connectivity index (χ0) is 16.3. The van der Waals surface area contributed by atoms with Crippen LogP contribution in [-0.2, 0) is 9.53 Å². The van der Waals surface area contributed by atoms with Crippen molar-refractivity contribution in [3.63, 3.8) is 0 Å². The number of nitrogens with one attached hydrogen (secondary N) is 1. The van der Waals surface area contributed by atoms with Crippen LogP contribution >= 0.6 is 0 Å². The first-order chi connectivity index (χ1) is 10.4. The average Bonchev–Trinajstić information content (AvgIpc) is 3.29. The lowest BCUT2D eigenvalue weighted by atomic mass is 10.3. The molecule has 0 aromatic carbocycles. The molecule has 120 valence electrons. The van der Waals surface area contributed by atoms with Gasteiger partial charge in [-0.05, 0) is 26.7 Å². The van der Waals surface area contributed by atoms with Crippen molar-refractivity contribution in [2.75, 3.05) is 23.9 Å². The highest BCUT2D eigenvalue weighted by Gasteiger charge is 2.28. The minimum absolute atomic E-state index is 0.173. The zero-order valence-corrected chi connectivity index (χ0v) is 12.8. The monoisotopic (exact) mass is 309 g/mol. The lowest BCUT2D eigenvalue weighted by Crippen LogP contribution is -2.38. The third kappa shape index (κ3) is 3.60. The number of nitrogens with zero attached hydrogens (tertiary/aromatic N) is 4. The van der Waals surface area contributed by atoms with E-state index in [1.54, 1.807) is 20.9 Å². The highest BCUT2D eigenvalue weighted by atomic mass is 16.6. The van der Waals surface area contributed by atoms with Crippen molar-refractivity contribution in [3.8, 4) is 0 Å². The number of hydrogen-bond donors (Lipinski definition) is 1. The molecular weight excluding hydrogens is 290 g/mol. The number of carbonyl (C=O) groups is 1. The van der Waals surface area contributed by atoms with Crippen molar-refractivity contribution >= 4 is 23.4 Å². The van der Waals surface area contributed by atoms with Crippen LogP contribution in [0.15, 0.2) is 6.20 Å². The first kappa shape index (κ1) is 15.9. The molecule has 0 bridgehead atoms. The molecule has 1 aliphatic rings. The predicted molar refractivity (Wildman–Crippen MR) is 79.8 cm³/mol. The standard InChI is InChI=1S/C13H19N5O4/c1-4-22-12(19)8(2)17(3)13-14-7-10(18(20)21)11(16-13)15-9-5-6-9/h7-9H,4-6H2,1-3H3,(H,14,15,16). The van der Waals surface area contributed by atoms with E-state index < -0.39 is 16.9 Å². The maximum atomic E-state index is 11.8. The second-order valence-electron chi connectivity index (χ2n) is 5.12. The largest absolute Gasteiger partial charge is 0.464 e. The van der Waals surface area contributed by atoms with Crippen LogP contribution in [0.1, 0.15) is 26.7 Å². The summed E-state index contributed by atoms with van der Waals surface area (Å²) >= 11 is 0. The lowest BCUT2D eigenvalue weighted by molar-refractivity contribution is -0.384. The molecular formula is C13H19N5O4. The van der Waals surface area contributed by atoms with Gasteiger partial charge in [-0.3, -0.25) is 10.1 Å². The fraction of sp³-hybridized carbons (Fsp3) is 0.615. The highest BCUT2D eigenvalue weighted by Crippen LogP contribution is 2.30. The van der Waals surface area contributed by atoms with Gasteiger partial charge in [-0.1, -0.05) is 0 Å². The minimum atomic E-state index is -0.588. The van der Waals surface area contributed by atoms with Crippen LogP contribution in [0.2, 0.25) is 0 Å². The molecule has 22 heavy (non-hydrogen) atoms. The number of likely N-dealkylation sites (N-methyl/N-ethyl adjacent to an activating group) is 1. The summed E-state index contributed by atoms with van der Waals surface area (Å²) in [5.74, 6) is 0.0124. The molecule has 0 aliphatic heterocycles. The molecule has 2 rings (SSSR count). The molecule has 1 heterocycles. The van der Waals surface area contributed by atoms with Crippen LogP contribution in [0, 0.1) is 10.1 Å². The van der Waals surface area contributed by atoms with Crippen molar-refractivity contribution in [1.29, 1.82) is 0 Å². The van der Waals surface area contributed by atoms with Crippen molar-refractivity contribution in [3.05, 3.63) is 16.3 Å². The van der Waals surface area contributed by atoms with E-state index in [2.05, 4.69) is 15.3 Å². The summed E-state index contributed by atoms with van der Waals surface area (Å²) < 4.78 is 4.95. The van der Waals surface area contributed by atoms with Crippen LogP contribution in [0.25, 0.3) is 0 Å². The normalized spacial score (nSPS) is 15.0. The van der Waals surface area contributed by atoms with Crippen LogP contribution in [0.3, 0.4) is 0 Å². The van der Waals surface area contributed by atoms with Gasteiger partial charge in [-0.2, -0.15) is 4.98 Å². The summed E-state index contributed by atoms with van der Waals surface area (Å²) in [7, 11) is 1.64. The summed E-state index contributed by atoms with van der Waals surface area (Å²) in [5, 5.41) is 14.0. The van der Waals surface area contributed by atoms with Gasteiger partial charge < -0.3 is 15.0 Å². The van der Waals surface area contributed by atoms with Gasteiger partial charge in [0.15, 0.2) is 0 Å². The van der Waals surface area contributed by atoms with Gasteiger partial charge in [0.05, 0.1) is 11.5 Å². The maximum Gasteiger partial charge on any atom is 0.329 e. The number of aromatic nitrogens is 2. The molecule has 1 aromatic heterocycles. The molecule has 9 heteroatoms. The molecule has 1 saturated carbocycles. The third-order valence-corrected chi connectivity index (χ3v) is 3.40. The molecule has 0 spiro atoms. The Balaban J connectivity index is 2.22. The van der Waals surface area contributed by atoms with E-state index in [4.69, 9.17) is 4.74 Å². The van der Waals surface area contributed by atoms with Gasteiger partial charge in [0, 0.05) is 13.1 Å². The summed E-state index contributed by atoms with van der Waals surface area (Å²) in [5.41, 5.74) is -0.173. The third-order valence-electron chi connectivity index (χ3n) is 3.40. The average molecular weight is 309 g/mol. The van der Waals surface area contributed by atoms with Crippen molar-refractivity contribution in [1.82, 2.24) is 9.97 Å². The van der Waals surface area contributed by atoms with E-state index >= 15 is 0 Å². The number of esters is 1. The van der Waals surface area contributed by atoms with Crippen molar-refractivity contribution in [2.24, 2.45) is 0 Å². The number of rotatable bonds is 7. The molecule has 1 atom stereocenters. The Morgan fingerprint density at radius 1 is 1.64 bits per heavy atom. The Morgan fingerprint density at radius 3 is 2.86 bits per heavy atom. The molecule has 1 fully saturated rings. The van der Waals surface area contributed by atoms with Crippen LogP contribution in [0.5, 0.6) is 0 Å². The Morgan fingerprint density at radius 2 is 2.32 bits per heavy atom. The molecule has 1 unspecified atom stereocenters. The van der Waals surface area contributed by atoms with E-state index in [9.17, 15) is 14.9 Å². The van der Waals surface area contributed by atoms with Gasteiger partial charge in [0.1, 0.15) is 12.2 Å². The van der Waals surface area contributed by atoms with Crippen molar-refractivity contribution < 1.29 is 14.5 Å². The summed E-state index contributed by atoms with van der Waals surface area (Å²) in [6, 6.07) is -0.371. The van der Waals surface area contributed by atoms with Crippen LogP contribution in [0.4, 0.5) is 17.5 Å². The first-order valence-corrected chi connectivity index (χ1v) is 7.11. The molecule has 0 saturated heterocycles. The Labute approximate surface area is 127 Å². The van der Waals surface area contributed by atoms with Gasteiger partial charge in [0.2, 0.25) is 11.8 Å². The molecule has 1 aliphatic carbocycles. The summed E-state index contributed by atoms with van der Waals surface area (Å²) in [6.07, 6.45) is 3.08. The van der Waals surface area contributed by atoms with Crippen molar-refractivity contribution in [2.45, 2.75) is 38.8 Å². The van der Waals surface area contributed by atoms with Gasteiger partial charge in [-0.25, -0.2) is 9.78 Å². The Hall–Kier alpha value is -2.45. The SMILES string of the molecule is CCOC(=O)C(C)N(C)c1ncc([N+](=O)[O-])c(NC2CC2)n1. The number of carbonyl (C=O) groups excluding carboxylic acids is 1. The quantitative estimate of drug-likeness (QED) is 0.456. The highest BCUT2D eigenvalue weighted by molar-refractivity contribution is 5.78. The predicted octanol–water partition coefficient (Wildman–Crippen LogP) is 1.35. The van der Waals surface area contributed by atoms with Gasteiger partial charge >= 0.3 is 11.7 Å². The summed E-state index contributed by atoms with van der Waals surface area (Å²) in [4.78, 5) is 32.0. The number of anilines is 2. The van der Waals surface area contributed by atoms with Gasteiger partial charge in [-0.15, -0.1) is 0 Å². The van der Waals surface area contributed by atoms with Crippen LogP contribution in [-0.4, -0.2) is 46.6 Å². The Bertz CT molecular complexity index is 576. The minimum Gasteiger partial charge on any atom is -0.464 e. The second kappa shape index (κ2) is 6.54. The smallest absolute Gasteiger partial charge is 0.329 e. The van der Waals surface area contributed by atoms with E-state index in [-0.39, 0.29) is 30.1 Å². The molecule has 1 N–H and O–H groups in total. The van der Waals surface area contributed by atoms with Crippen LogP contribution < -0.4 is 10.2 Å². The number of nitro groups is 1. The Kier molecular flexibility index (Phi) is 4.74. The second-order valence-corrected chi connectivity index (χ2v) is 5.12. The zero-order valence-electron chi connectivity index (χ0n) is 12.8. The number of hydrogen-bond acceptors (Lipinski definition) is 8. The topological polar surface area (TPSA) is 110 Å². The molecule has 9 nitrogen and oxygen atoms in total. The van der Waals surface area contributed by atoms with Gasteiger partial charge in [0.25, 0.3) is 0 Å². The molecule has 1 aromatic rings. The fourth-order valence-electron chi connectivity index (χ4n) is 1.79. The summed E-state index contributed by atoms with van der Waals surface area (Å²) in [6.45, 7) is 3.67. The van der Waals surface area contributed by atoms with E-state index in [0.29, 0.717) is 0 Å². The maximum absolute atomic E-state index is 11.8. The van der Waals surface area contributed by atoms with E-state index in [0.717, 1.165) is 19.0 Å². The molecule has 0 radical (unpaired) electrons. The first-order valence-electron chi connectivity index (χ1n) is 7.11. The van der Waals surface area contributed by atoms with E-state index in [1.165, 1.54) is 4.90 Å². The van der Waals surface area contributed by atoms with E-state index in [1.807, 2.05) is 0 Å². The fourth-order valence-corrected chi connectivity index (χ4v) is 1.79. The lowest BCUT2D eigenvalue weighted by Gasteiger charge is -2.23. The molecule has 0 amide bonds.